The van der Waals surface area contributed by atoms with E-state index in [1.165, 1.54) is 263 Å². The highest BCUT2D eigenvalue weighted by Gasteiger charge is 2.20. The average molecular weight is 1030 g/mol. The van der Waals surface area contributed by atoms with Gasteiger partial charge in [-0.05, 0) is 57.8 Å². The highest BCUT2D eigenvalue weighted by molar-refractivity contribution is 5.76. The Balaban J connectivity index is 3.46. The summed E-state index contributed by atoms with van der Waals surface area (Å²) in [6, 6.07) is -0.550. The van der Waals surface area contributed by atoms with Crippen LogP contribution >= 0.6 is 0 Å². The molecule has 0 aromatic rings. The van der Waals surface area contributed by atoms with Crippen molar-refractivity contribution in [2.75, 3.05) is 13.2 Å². The number of aliphatic hydroxyl groups is 2. The monoisotopic (exact) mass is 1030 g/mol. The number of ether oxygens (including phenoxy) is 1. The second kappa shape index (κ2) is 62.9. The van der Waals surface area contributed by atoms with Gasteiger partial charge in [0, 0.05) is 12.8 Å². The van der Waals surface area contributed by atoms with Crippen LogP contribution < -0.4 is 5.32 Å². The minimum atomic E-state index is -0.672. The fourth-order valence-corrected chi connectivity index (χ4v) is 10.5. The zero-order chi connectivity index (χ0) is 52.9. The Kier molecular flexibility index (Phi) is 61.4. The fourth-order valence-electron chi connectivity index (χ4n) is 10.5. The molecule has 73 heavy (non-hydrogen) atoms. The maximum absolute atomic E-state index is 12.5. The van der Waals surface area contributed by atoms with Gasteiger partial charge in [-0.1, -0.05) is 321 Å². The van der Waals surface area contributed by atoms with E-state index in [1.54, 1.807) is 0 Å². The molecule has 0 radical (unpaired) electrons. The number of carbonyl (C=O) groups excluding carboxylic acids is 2. The molecule has 6 heteroatoms. The van der Waals surface area contributed by atoms with E-state index in [0.29, 0.717) is 25.9 Å². The summed E-state index contributed by atoms with van der Waals surface area (Å²) in [5, 5.41) is 23.4. The summed E-state index contributed by atoms with van der Waals surface area (Å²) >= 11 is 0. The third-order valence-electron chi connectivity index (χ3n) is 15.5. The average Bonchev–Trinajstić information content (AvgIpc) is 3.39. The molecule has 0 bridgehead atoms. The van der Waals surface area contributed by atoms with Crippen LogP contribution in [-0.4, -0.2) is 47.4 Å². The Labute approximate surface area is 456 Å². The molecule has 432 valence electrons. The number of allylic oxidation sites excluding steroid dienone is 4. The molecule has 0 spiro atoms. The standard InChI is InChI=1S/C67H129NO5/c1-3-5-7-9-11-13-15-17-19-20-21-22-23-24-26-29-32-35-39-43-47-51-55-59-65(70)64(63-69)68-66(71)60-56-52-48-44-40-36-33-30-27-25-28-31-34-38-42-46-50-54-58-62-73-67(72)61-57-53-49-45-41-37-18-16-14-12-10-8-6-4-2/h31,34,38,42,64-65,69-70H,3-30,32-33,35-37,39-41,43-63H2,1-2H3,(H,68,71)/b34-31-,42-38-. The van der Waals surface area contributed by atoms with Gasteiger partial charge in [-0.2, -0.15) is 0 Å². The number of hydrogen-bond acceptors (Lipinski definition) is 5. The van der Waals surface area contributed by atoms with Crippen LogP contribution in [0.1, 0.15) is 367 Å². The van der Waals surface area contributed by atoms with Gasteiger partial charge in [0.05, 0.1) is 25.4 Å². The molecule has 0 aliphatic rings. The Hall–Kier alpha value is -1.66. The van der Waals surface area contributed by atoms with E-state index in [2.05, 4.69) is 43.5 Å². The number of amides is 1. The Morgan fingerprint density at radius 1 is 0.384 bits per heavy atom. The summed E-state index contributed by atoms with van der Waals surface area (Å²) in [4.78, 5) is 24.6. The van der Waals surface area contributed by atoms with Crippen LogP contribution in [-0.2, 0) is 14.3 Å². The van der Waals surface area contributed by atoms with Crippen molar-refractivity contribution in [3.8, 4) is 0 Å². The first kappa shape index (κ1) is 71.3. The maximum Gasteiger partial charge on any atom is 0.305 e. The van der Waals surface area contributed by atoms with Gasteiger partial charge in [-0.25, -0.2) is 0 Å². The summed E-state index contributed by atoms with van der Waals surface area (Å²) in [7, 11) is 0. The van der Waals surface area contributed by atoms with Crippen LogP contribution in [0.4, 0.5) is 0 Å². The molecule has 0 aromatic heterocycles. The molecule has 2 unspecified atom stereocenters. The van der Waals surface area contributed by atoms with Crippen LogP contribution in [0.25, 0.3) is 0 Å². The van der Waals surface area contributed by atoms with Crippen LogP contribution in [0.15, 0.2) is 24.3 Å². The molecule has 0 aliphatic carbocycles. The van der Waals surface area contributed by atoms with E-state index in [-0.39, 0.29) is 18.5 Å². The van der Waals surface area contributed by atoms with Crippen LogP contribution in [0.2, 0.25) is 0 Å². The van der Waals surface area contributed by atoms with E-state index in [4.69, 9.17) is 4.74 Å². The molecule has 0 rings (SSSR count). The predicted molar refractivity (Wildman–Crippen MR) is 320 cm³/mol. The van der Waals surface area contributed by atoms with Gasteiger partial charge < -0.3 is 20.3 Å². The highest BCUT2D eigenvalue weighted by Crippen LogP contribution is 2.18. The van der Waals surface area contributed by atoms with Crippen molar-refractivity contribution in [1.29, 1.82) is 0 Å². The minimum absolute atomic E-state index is 0.0102. The smallest absolute Gasteiger partial charge is 0.305 e. The SMILES string of the molecule is CCCCCCCCCCCCCCCCCCCCCCCCCC(O)C(CO)NC(=O)CCCCCCCCCCCC/C=C\C=C/CCCCCOC(=O)CCCCCCCCCCCCCCCC. The lowest BCUT2D eigenvalue weighted by Gasteiger charge is -2.22. The van der Waals surface area contributed by atoms with Gasteiger partial charge in [-0.15, -0.1) is 0 Å². The van der Waals surface area contributed by atoms with Gasteiger partial charge in [0.15, 0.2) is 0 Å². The normalized spacial score (nSPS) is 12.7. The van der Waals surface area contributed by atoms with E-state index < -0.39 is 12.1 Å². The first-order valence-corrected chi connectivity index (χ1v) is 33.1. The summed E-state index contributed by atoms with van der Waals surface area (Å²) in [5.74, 6) is -0.0509. The molecule has 3 N–H and O–H groups in total. The van der Waals surface area contributed by atoms with Crippen molar-refractivity contribution < 1.29 is 24.5 Å². The number of unbranched alkanes of at least 4 members (excludes halogenated alkanes) is 48. The number of hydrogen-bond donors (Lipinski definition) is 3. The molecule has 0 saturated carbocycles. The number of nitrogens with one attached hydrogen (secondary N) is 1. The molecule has 6 nitrogen and oxygen atoms in total. The summed E-state index contributed by atoms with van der Waals surface area (Å²) < 4.78 is 5.46. The number of carbonyl (C=O) groups is 2. The number of esters is 1. The molecular formula is C67H129NO5. The summed E-state index contributed by atoms with van der Waals surface area (Å²) in [6.07, 6.45) is 77.7. The van der Waals surface area contributed by atoms with E-state index in [0.717, 1.165) is 70.6 Å². The van der Waals surface area contributed by atoms with Crippen LogP contribution in [0.5, 0.6) is 0 Å². The van der Waals surface area contributed by atoms with Crippen molar-refractivity contribution in [3.63, 3.8) is 0 Å². The van der Waals surface area contributed by atoms with E-state index in [9.17, 15) is 19.8 Å². The van der Waals surface area contributed by atoms with Gasteiger partial charge >= 0.3 is 5.97 Å². The molecule has 0 saturated heterocycles. The summed E-state index contributed by atoms with van der Waals surface area (Å²) in [6.45, 7) is 4.95. The van der Waals surface area contributed by atoms with Crippen LogP contribution in [0, 0.1) is 0 Å². The second-order valence-corrected chi connectivity index (χ2v) is 22.8. The van der Waals surface area contributed by atoms with Crippen molar-refractivity contribution in [1.82, 2.24) is 5.32 Å². The molecule has 0 aliphatic heterocycles. The summed E-state index contributed by atoms with van der Waals surface area (Å²) in [5.41, 5.74) is 0. The molecule has 2 atom stereocenters. The fraction of sp³-hybridized carbons (Fsp3) is 0.910. The Morgan fingerprint density at radius 3 is 1.01 bits per heavy atom. The first-order valence-electron chi connectivity index (χ1n) is 33.1. The largest absolute Gasteiger partial charge is 0.466 e. The number of aliphatic hydroxyl groups excluding tert-OH is 2. The van der Waals surface area contributed by atoms with Crippen molar-refractivity contribution in [2.24, 2.45) is 0 Å². The third kappa shape index (κ3) is 59.4. The molecule has 1 amide bonds. The van der Waals surface area contributed by atoms with Gasteiger partial charge in [-0.3, -0.25) is 9.59 Å². The Bertz CT molecular complexity index is 1140. The molecule has 0 fully saturated rings. The lowest BCUT2D eigenvalue weighted by Crippen LogP contribution is -2.45. The van der Waals surface area contributed by atoms with Crippen molar-refractivity contribution in [2.45, 2.75) is 379 Å². The van der Waals surface area contributed by atoms with Gasteiger partial charge in [0.25, 0.3) is 0 Å². The van der Waals surface area contributed by atoms with Gasteiger partial charge in [0.1, 0.15) is 0 Å². The van der Waals surface area contributed by atoms with Crippen LogP contribution in [0.3, 0.4) is 0 Å². The Morgan fingerprint density at radius 2 is 0.671 bits per heavy atom. The molecule has 0 heterocycles. The van der Waals surface area contributed by atoms with Crippen molar-refractivity contribution in [3.05, 3.63) is 24.3 Å². The van der Waals surface area contributed by atoms with Gasteiger partial charge in [0.2, 0.25) is 5.91 Å². The minimum Gasteiger partial charge on any atom is -0.466 e. The third-order valence-corrected chi connectivity index (χ3v) is 15.5. The zero-order valence-electron chi connectivity index (χ0n) is 49.4. The van der Waals surface area contributed by atoms with E-state index in [1.807, 2.05) is 0 Å². The highest BCUT2D eigenvalue weighted by atomic mass is 16.5. The lowest BCUT2D eigenvalue weighted by atomic mass is 10.0. The van der Waals surface area contributed by atoms with E-state index >= 15 is 0 Å². The second-order valence-electron chi connectivity index (χ2n) is 22.8. The number of rotatable bonds is 62. The lowest BCUT2D eigenvalue weighted by molar-refractivity contribution is -0.143. The molecule has 0 aromatic carbocycles. The first-order chi connectivity index (χ1) is 36.0. The zero-order valence-corrected chi connectivity index (χ0v) is 49.4. The van der Waals surface area contributed by atoms with Crippen molar-refractivity contribution >= 4 is 11.9 Å². The molecular weight excluding hydrogens is 899 g/mol. The predicted octanol–water partition coefficient (Wildman–Crippen LogP) is 21.0. The quantitative estimate of drug-likeness (QED) is 0.0320. The topological polar surface area (TPSA) is 95.9 Å². The maximum atomic E-state index is 12.5.